The van der Waals surface area contributed by atoms with Gasteiger partial charge in [0.2, 0.25) is 0 Å². The van der Waals surface area contributed by atoms with Crippen molar-refractivity contribution in [1.29, 1.82) is 0 Å². The minimum Gasteiger partial charge on any atom is -0.345 e. The summed E-state index contributed by atoms with van der Waals surface area (Å²) in [5.74, 6) is 0.541. The second-order valence-corrected chi connectivity index (χ2v) is 6.98. The van der Waals surface area contributed by atoms with Gasteiger partial charge in [0.1, 0.15) is 5.56 Å². The van der Waals surface area contributed by atoms with Crippen LogP contribution in [0, 0.1) is 5.92 Å². The Morgan fingerprint density at radius 3 is 2.88 bits per heavy atom. The summed E-state index contributed by atoms with van der Waals surface area (Å²) in [4.78, 5) is 17.2. The van der Waals surface area contributed by atoms with Gasteiger partial charge in [-0.05, 0) is 43.2 Å². The van der Waals surface area contributed by atoms with Crippen molar-refractivity contribution in [2.75, 3.05) is 0 Å². The number of amides is 1. The second kappa shape index (κ2) is 6.31. The zero-order valence-electron chi connectivity index (χ0n) is 14.6. The molecular weight excluding hydrogens is 312 g/mol. The van der Waals surface area contributed by atoms with Gasteiger partial charge in [-0.1, -0.05) is 37.3 Å². The Balaban J connectivity index is 1.62. The maximum absolute atomic E-state index is 12.7. The summed E-state index contributed by atoms with van der Waals surface area (Å²) in [6.07, 6.45) is 6.72. The van der Waals surface area contributed by atoms with E-state index in [-0.39, 0.29) is 11.9 Å². The molecule has 0 saturated heterocycles. The number of carbonyl (C=O) groups is 1. The average molecular weight is 334 g/mol. The Hall–Kier alpha value is -2.69. The summed E-state index contributed by atoms with van der Waals surface area (Å²) in [5.41, 5.74) is 4.69. The Bertz CT molecular complexity index is 916. The van der Waals surface area contributed by atoms with Crippen LogP contribution in [-0.2, 0) is 12.8 Å². The second-order valence-electron chi connectivity index (χ2n) is 6.98. The molecule has 5 nitrogen and oxygen atoms in total. The first-order valence-electron chi connectivity index (χ1n) is 8.84. The number of nitrogens with one attached hydrogen (secondary N) is 1. The van der Waals surface area contributed by atoms with Gasteiger partial charge >= 0.3 is 0 Å². The standard InChI is InChI=1S/C20H22N4O/c1-13-8-9-18-16(10-13)11-21-19-17(12-22-24(18)19)20(25)23-14(2)15-6-4-3-5-7-15/h3-7,11-14H,8-10H2,1-2H3,(H,23,25)/t13-,14-/m0/s1. The van der Waals surface area contributed by atoms with Crippen molar-refractivity contribution in [2.45, 2.75) is 39.2 Å². The largest absolute Gasteiger partial charge is 0.345 e. The Kier molecular flexibility index (Phi) is 3.99. The van der Waals surface area contributed by atoms with E-state index in [1.165, 1.54) is 11.3 Å². The van der Waals surface area contributed by atoms with Gasteiger partial charge in [-0.15, -0.1) is 0 Å². The van der Waals surface area contributed by atoms with Crippen LogP contribution in [0.1, 0.15) is 53.5 Å². The molecule has 25 heavy (non-hydrogen) atoms. The van der Waals surface area contributed by atoms with Crippen molar-refractivity contribution in [1.82, 2.24) is 19.9 Å². The average Bonchev–Trinajstić information content (AvgIpc) is 3.06. The third-order valence-corrected chi connectivity index (χ3v) is 5.05. The third kappa shape index (κ3) is 2.90. The monoisotopic (exact) mass is 334 g/mol. The molecule has 0 spiro atoms. The lowest BCUT2D eigenvalue weighted by Gasteiger charge is -2.21. The van der Waals surface area contributed by atoms with Gasteiger partial charge in [-0.2, -0.15) is 5.10 Å². The predicted octanol–water partition coefficient (Wildman–Crippen LogP) is 3.35. The van der Waals surface area contributed by atoms with Crippen LogP contribution >= 0.6 is 0 Å². The fraction of sp³-hybridized carbons (Fsp3) is 0.350. The molecule has 2 atom stereocenters. The Morgan fingerprint density at radius 1 is 1.28 bits per heavy atom. The first-order chi connectivity index (χ1) is 12.1. The smallest absolute Gasteiger partial charge is 0.257 e. The van der Waals surface area contributed by atoms with Crippen LogP contribution in [0.3, 0.4) is 0 Å². The van der Waals surface area contributed by atoms with Crippen LogP contribution in [0.2, 0.25) is 0 Å². The summed E-state index contributed by atoms with van der Waals surface area (Å²) in [5, 5.41) is 7.50. The van der Waals surface area contributed by atoms with E-state index < -0.39 is 0 Å². The molecule has 1 aliphatic carbocycles. The van der Waals surface area contributed by atoms with E-state index in [1.54, 1.807) is 6.20 Å². The summed E-state index contributed by atoms with van der Waals surface area (Å²) < 4.78 is 1.85. The number of rotatable bonds is 3. The van der Waals surface area contributed by atoms with E-state index in [1.807, 2.05) is 48.0 Å². The number of nitrogens with zero attached hydrogens (tertiary/aromatic N) is 3. The number of fused-ring (bicyclic) bond motifs is 3. The highest BCUT2D eigenvalue weighted by Gasteiger charge is 2.22. The zero-order valence-corrected chi connectivity index (χ0v) is 14.6. The van der Waals surface area contributed by atoms with Gasteiger partial charge in [0, 0.05) is 11.9 Å². The van der Waals surface area contributed by atoms with E-state index in [0.717, 1.165) is 24.8 Å². The zero-order chi connectivity index (χ0) is 17.4. The van der Waals surface area contributed by atoms with Gasteiger partial charge in [0.05, 0.1) is 12.2 Å². The minimum absolute atomic E-state index is 0.0675. The van der Waals surface area contributed by atoms with Crippen molar-refractivity contribution in [3.05, 3.63) is 65.1 Å². The number of aryl methyl sites for hydroxylation is 1. The van der Waals surface area contributed by atoms with Crippen LogP contribution in [0.25, 0.3) is 5.65 Å². The van der Waals surface area contributed by atoms with Gasteiger partial charge in [-0.25, -0.2) is 9.50 Å². The molecule has 0 saturated carbocycles. The molecule has 0 aliphatic heterocycles. The van der Waals surface area contributed by atoms with Gasteiger partial charge in [-0.3, -0.25) is 4.79 Å². The van der Waals surface area contributed by atoms with E-state index >= 15 is 0 Å². The molecule has 1 aromatic carbocycles. The lowest BCUT2D eigenvalue weighted by molar-refractivity contribution is 0.0941. The van der Waals surface area contributed by atoms with Crippen LogP contribution < -0.4 is 5.32 Å². The number of hydrogen-bond acceptors (Lipinski definition) is 3. The van der Waals surface area contributed by atoms with Crippen LogP contribution in [0.15, 0.2) is 42.7 Å². The summed E-state index contributed by atoms with van der Waals surface area (Å²) >= 11 is 0. The molecular formula is C20H22N4O. The molecule has 3 aromatic rings. The van der Waals surface area contributed by atoms with Crippen LogP contribution in [-0.4, -0.2) is 20.5 Å². The third-order valence-electron chi connectivity index (χ3n) is 5.05. The molecule has 2 aromatic heterocycles. The maximum atomic E-state index is 12.7. The molecule has 1 N–H and O–H groups in total. The summed E-state index contributed by atoms with van der Waals surface area (Å²) in [6.45, 7) is 4.25. The maximum Gasteiger partial charge on any atom is 0.257 e. The highest BCUT2D eigenvalue weighted by atomic mass is 16.1. The first-order valence-corrected chi connectivity index (χ1v) is 8.84. The molecule has 5 heteroatoms. The minimum atomic E-state index is -0.136. The Morgan fingerprint density at radius 2 is 2.08 bits per heavy atom. The van der Waals surface area contributed by atoms with Crippen molar-refractivity contribution in [3.63, 3.8) is 0 Å². The molecule has 128 valence electrons. The number of hydrogen-bond donors (Lipinski definition) is 1. The SMILES string of the molecule is C[C@H]1CCc2c(cnc3c(C(=O)N[C@@H](C)c4ccccc4)cnn23)C1. The fourth-order valence-electron chi connectivity index (χ4n) is 3.57. The topological polar surface area (TPSA) is 59.3 Å². The molecule has 2 heterocycles. The number of aromatic nitrogens is 3. The van der Waals surface area contributed by atoms with E-state index in [2.05, 4.69) is 22.3 Å². The number of benzene rings is 1. The lowest BCUT2D eigenvalue weighted by atomic mass is 9.89. The van der Waals surface area contributed by atoms with Crippen LogP contribution in [0.5, 0.6) is 0 Å². The summed E-state index contributed by atoms with van der Waals surface area (Å²) in [7, 11) is 0. The van der Waals surface area contributed by atoms with E-state index in [4.69, 9.17) is 0 Å². The first kappa shape index (κ1) is 15.8. The van der Waals surface area contributed by atoms with Crippen LogP contribution in [0.4, 0.5) is 0 Å². The lowest BCUT2D eigenvalue weighted by Crippen LogP contribution is -2.26. The van der Waals surface area contributed by atoms with Gasteiger partial charge in [0.25, 0.3) is 5.91 Å². The molecule has 1 aliphatic rings. The molecule has 0 unspecified atom stereocenters. The van der Waals surface area contributed by atoms with Gasteiger partial charge in [0.15, 0.2) is 5.65 Å². The molecule has 0 radical (unpaired) electrons. The predicted molar refractivity (Wildman–Crippen MR) is 96.5 cm³/mol. The van der Waals surface area contributed by atoms with E-state index in [0.29, 0.717) is 17.1 Å². The highest BCUT2D eigenvalue weighted by Crippen LogP contribution is 2.26. The van der Waals surface area contributed by atoms with Crippen molar-refractivity contribution < 1.29 is 4.79 Å². The quantitative estimate of drug-likeness (QED) is 0.799. The van der Waals surface area contributed by atoms with E-state index in [9.17, 15) is 4.79 Å². The van der Waals surface area contributed by atoms with Gasteiger partial charge < -0.3 is 5.32 Å². The fourth-order valence-corrected chi connectivity index (χ4v) is 3.57. The molecule has 0 bridgehead atoms. The van der Waals surface area contributed by atoms with Crippen molar-refractivity contribution in [3.8, 4) is 0 Å². The number of carbonyl (C=O) groups excluding carboxylic acids is 1. The molecule has 0 fully saturated rings. The van der Waals surface area contributed by atoms with Crippen molar-refractivity contribution in [2.24, 2.45) is 5.92 Å². The normalized spacial score (nSPS) is 17.9. The van der Waals surface area contributed by atoms with Crippen molar-refractivity contribution >= 4 is 11.6 Å². The molecule has 4 rings (SSSR count). The highest BCUT2D eigenvalue weighted by molar-refractivity contribution is 5.99. The Labute approximate surface area is 147 Å². The molecule has 1 amide bonds. The summed E-state index contributed by atoms with van der Waals surface area (Å²) in [6, 6.07) is 9.87.